The molecule has 0 spiro atoms. The topological polar surface area (TPSA) is 26.3 Å². The third kappa shape index (κ3) is 4.07. The predicted molar refractivity (Wildman–Crippen MR) is 75.3 cm³/mol. The molecular weight excluding hydrogens is 368 g/mol. The van der Waals surface area contributed by atoms with Crippen molar-refractivity contribution in [3.8, 4) is 5.75 Å². The molecule has 0 saturated heterocycles. The summed E-state index contributed by atoms with van der Waals surface area (Å²) < 4.78 is 57.1. The lowest BCUT2D eigenvalue weighted by Gasteiger charge is -2.09. The number of Topliss-reactive ketones (excluding diaryl/α,β-unsaturated/α-hetero) is 1. The SMILES string of the molecule is O=C(c1ccc(COc2cc(F)ccc2F)cc1)C(F)(F)Br. The van der Waals surface area contributed by atoms with E-state index in [0.717, 1.165) is 18.2 Å². The van der Waals surface area contributed by atoms with Gasteiger partial charge in [-0.2, -0.15) is 8.78 Å². The largest absolute Gasteiger partial charge is 0.486 e. The van der Waals surface area contributed by atoms with Crippen LogP contribution in [0.25, 0.3) is 0 Å². The van der Waals surface area contributed by atoms with Gasteiger partial charge in [-0.15, -0.1) is 0 Å². The van der Waals surface area contributed by atoms with Crippen molar-refractivity contribution in [2.24, 2.45) is 0 Å². The van der Waals surface area contributed by atoms with Gasteiger partial charge in [-0.3, -0.25) is 4.79 Å². The molecule has 2 aromatic carbocycles. The van der Waals surface area contributed by atoms with Crippen molar-refractivity contribution in [1.29, 1.82) is 0 Å². The Morgan fingerprint density at radius 1 is 1.09 bits per heavy atom. The number of rotatable bonds is 5. The van der Waals surface area contributed by atoms with Gasteiger partial charge in [0, 0.05) is 11.6 Å². The number of hydrogen-bond acceptors (Lipinski definition) is 2. The van der Waals surface area contributed by atoms with Gasteiger partial charge in [0.2, 0.25) is 5.78 Å². The number of carbonyl (C=O) groups excluding carboxylic acids is 1. The third-order valence-corrected chi connectivity index (χ3v) is 3.12. The van der Waals surface area contributed by atoms with Gasteiger partial charge in [0.15, 0.2) is 11.6 Å². The number of carbonyl (C=O) groups is 1. The van der Waals surface area contributed by atoms with Crippen LogP contribution in [-0.2, 0) is 6.61 Å². The minimum atomic E-state index is -3.63. The van der Waals surface area contributed by atoms with Crippen LogP contribution in [0.4, 0.5) is 17.6 Å². The molecule has 0 aliphatic heterocycles. The first-order valence-electron chi connectivity index (χ1n) is 6.05. The van der Waals surface area contributed by atoms with Gasteiger partial charge in [-0.05, 0) is 33.6 Å². The van der Waals surface area contributed by atoms with Crippen molar-refractivity contribution >= 4 is 21.7 Å². The molecule has 0 bridgehead atoms. The van der Waals surface area contributed by atoms with Gasteiger partial charge in [-0.25, -0.2) is 8.78 Å². The van der Waals surface area contributed by atoms with Crippen molar-refractivity contribution in [2.45, 2.75) is 11.4 Å². The summed E-state index contributed by atoms with van der Waals surface area (Å²) in [5.74, 6) is -2.98. The number of halogens is 5. The molecule has 0 aliphatic carbocycles. The van der Waals surface area contributed by atoms with E-state index in [0.29, 0.717) is 5.56 Å². The summed E-state index contributed by atoms with van der Waals surface area (Å²) in [5.41, 5.74) is 0.334. The first-order chi connectivity index (χ1) is 10.3. The number of hydrogen-bond donors (Lipinski definition) is 0. The number of ketones is 1. The van der Waals surface area contributed by atoms with Gasteiger partial charge < -0.3 is 4.74 Å². The summed E-state index contributed by atoms with van der Waals surface area (Å²) in [5, 5.41) is 0. The molecule has 0 heterocycles. The van der Waals surface area contributed by atoms with Crippen LogP contribution in [0, 0.1) is 11.6 Å². The second kappa shape index (κ2) is 6.48. The molecule has 0 saturated carbocycles. The minimum Gasteiger partial charge on any atom is -0.486 e. The van der Waals surface area contributed by atoms with Crippen LogP contribution in [0.5, 0.6) is 5.75 Å². The van der Waals surface area contributed by atoms with Crippen LogP contribution in [-0.4, -0.2) is 10.6 Å². The maximum absolute atomic E-state index is 13.3. The van der Waals surface area contributed by atoms with Crippen molar-refractivity contribution in [3.05, 3.63) is 65.2 Å². The highest BCUT2D eigenvalue weighted by atomic mass is 79.9. The highest BCUT2D eigenvalue weighted by Gasteiger charge is 2.35. The van der Waals surface area contributed by atoms with E-state index in [-0.39, 0.29) is 17.9 Å². The zero-order valence-electron chi connectivity index (χ0n) is 11.0. The molecule has 0 radical (unpaired) electrons. The highest BCUT2D eigenvalue weighted by molar-refractivity contribution is 9.10. The maximum atomic E-state index is 13.3. The molecule has 0 aliphatic rings. The van der Waals surface area contributed by atoms with Crippen molar-refractivity contribution in [3.63, 3.8) is 0 Å². The fourth-order valence-corrected chi connectivity index (χ4v) is 1.89. The summed E-state index contributed by atoms with van der Waals surface area (Å²) in [6, 6.07) is 7.99. The predicted octanol–water partition coefficient (Wildman–Crippen LogP) is 4.71. The van der Waals surface area contributed by atoms with Crippen LogP contribution < -0.4 is 4.74 Å². The molecule has 0 fully saturated rings. The quantitative estimate of drug-likeness (QED) is 0.429. The molecular formula is C15H9BrF4O2. The van der Waals surface area contributed by atoms with E-state index < -0.39 is 22.2 Å². The molecule has 2 rings (SSSR count). The average Bonchev–Trinajstić information content (AvgIpc) is 2.47. The Bertz CT molecular complexity index is 681. The summed E-state index contributed by atoms with van der Waals surface area (Å²) >= 11 is 1.99. The zero-order chi connectivity index (χ0) is 16.3. The lowest BCUT2D eigenvalue weighted by molar-refractivity contribution is 0.0592. The van der Waals surface area contributed by atoms with Crippen LogP contribution in [0.1, 0.15) is 15.9 Å². The van der Waals surface area contributed by atoms with E-state index in [1.807, 2.05) is 15.9 Å². The first-order valence-corrected chi connectivity index (χ1v) is 6.85. The maximum Gasteiger partial charge on any atom is 0.363 e. The van der Waals surface area contributed by atoms with E-state index in [2.05, 4.69) is 0 Å². The fraction of sp³-hybridized carbons (Fsp3) is 0.133. The summed E-state index contributed by atoms with van der Waals surface area (Å²) in [6.45, 7) is -0.0977. The van der Waals surface area contributed by atoms with Gasteiger partial charge >= 0.3 is 4.83 Å². The smallest absolute Gasteiger partial charge is 0.363 e. The standard InChI is InChI=1S/C15H9BrF4O2/c16-15(19,20)14(21)10-3-1-9(2-4-10)8-22-13-7-11(17)5-6-12(13)18/h1-7H,8H2. The minimum absolute atomic E-state index is 0.0977. The van der Waals surface area contributed by atoms with E-state index in [1.165, 1.54) is 24.3 Å². The highest BCUT2D eigenvalue weighted by Crippen LogP contribution is 2.27. The van der Waals surface area contributed by atoms with Crippen LogP contribution in [0.3, 0.4) is 0 Å². The molecule has 22 heavy (non-hydrogen) atoms. The van der Waals surface area contributed by atoms with Gasteiger partial charge in [0.1, 0.15) is 12.4 Å². The van der Waals surface area contributed by atoms with E-state index in [1.54, 1.807) is 0 Å². The van der Waals surface area contributed by atoms with Crippen molar-refractivity contribution in [2.75, 3.05) is 0 Å². The van der Waals surface area contributed by atoms with Crippen LogP contribution in [0.15, 0.2) is 42.5 Å². The van der Waals surface area contributed by atoms with Gasteiger partial charge in [0.25, 0.3) is 0 Å². The summed E-state index contributed by atoms with van der Waals surface area (Å²) in [4.78, 5) is 7.69. The zero-order valence-corrected chi connectivity index (χ0v) is 12.5. The molecule has 0 unspecified atom stereocenters. The number of ether oxygens (including phenoxy) is 1. The van der Waals surface area contributed by atoms with Crippen molar-refractivity contribution in [1.82, 2.24) is 0 Å². The molecule has 0 atom stereocenters. The Morgan fingerprint density at radius 3 is 2.32 bits per heavy atom. The lowest BCUT2D eigenvalue weighted by Crippen LogP contribution is -2.20. The van der Waals surface area contributed by atoms with Gasteiger partial charge in [-0.1, -0.05) is 24.3 Å². The van der Waals surface area contributed by atoms with Crippen LogP contribution >= 0.6 is 15.9 Å². The van der Waals surface area contributed by atoms with E-state index in [9.17, 15) is 22.4 Å². The Labute approximate surface area is 131 Å². The second-order valence-corrected chi connectivity index (χ2v) is 5.38. The van der Waals surface area contributed by atoms with E-state index >= 15 is 0 Å². The number of benzene rings is 2. The molecule has 0 N–H and O–H groups in total. The number of alkyl halides is 3. The Hall–Kier alpha value is -1.89. The molecule has 2 aromatic rings. The molecule has 0 aromatic heterocycles. The second-order valence-electron chi connectivity index (χ2n) is 4.39. The van der Waals surface area contributed by atoms with Crippen molar-refractivity contribution < 1.29 is 27.1 Å². The Kier molecular flexibility index (Phi) is 4.85. The lowest BCUT2D eigenvalue weighted by atomic mass is 10.1. The fourth-order valence-electron chi connectivity index (χ4n) is 1.66. The Morgan fingerprint density at radius 2 is 1.73 bits per heavy atom. The summed E-state index contributed by atoms with van der Waals surface area (Å²) in [6.07, 6.45) is 0. The van der Waals surface area contributed by atoms with Crippen LogP contribution in [0.2, 0.25) is 0 Å². The summed E-state index contributed by atoms with van der Waals surface area (Å²) in [7, 11) is 0. The first kappa shape index (κ1) is 16.5. The third-order valence-electron chi connectivity index (χ3n) is 2.76. The average molecular weight is 377 g/mol. The Balaban J connectivity index is 2.06. The molecule has 7 heteroatoms. The molecule has 0 amide bonds. The normalized spacial score (nSPS) is 11.3. The monoisotopic (exact) mass is 376 g/mol. The van der Waals surface area contributed by atoms with Gasteiger partial charge in [0.05, 0.1) is 0 Å². The molecule has 116 valence electrons. The van der Waals surface area contributed by atoms with E-state index in [4.69, 9.17) is 4.74 Å². The molecule has 2 nitrogen and oxygen atoms in total.